The van der Waals surface area contributed by atoms with Gasteiger partial charge in [0.05, 0.1) is 18.4 Å². The summed E-state index contributed by atoms with van der Waals surface area (Å²) >= 11 is 1.70. The molecule has 1 atom stereocenters. The molecule has 0 bridgehead atoms. The lowest BCUT2D eigenvalue weighted by Crippen LogP contribution is -2.41. The fourth-order valence-electron chi connectivity index (χ4n) is 3.35. The molecular formula is C17H22N6S. The highest BCUT2D eigenvalue weighted by atomic mass is 32.1. The van der Waals surface area contributed by atoms with E-state index in [1.165, 1.54) is 19.3 Å². The smallest absolute Gasteiger partial charge is 0.126 e. The molecule has 7 heteroatoms. The molecule has 0 aliphatic carbocycles. The van der Waals surface area contributed by atoms with Crippen LogP contribution in [0, 0.1) is 0 Å². The zero-order valence-electron chi connectivity index (χ0n) is 13.9. The van der Waals surface area contributed by atoms with E-state index in [0.29, 0.717) is 6.04 Å². The molecule has 0 unspecified atom stereocenters. The summed E-state index contributed by atoms with van der Waals surface area (Å²) in [6, 6.07) is 2.54. The number of aryl methyl sites for hydroxylation is 1. The second-order valence-corrected chi connectivity index (χ2v) is 7.25. The molecule has 1 saturated heterocycles. The van der Waals surface area contributed by atoms with E-state index in [2.05, 4.69) is 26.7 Å². The molecule has 4 rings (SSSR count). The third-order valence-corrected chi connectivity index (χ3v) is 5.51. The first-order valence-electron chi connectivity index (χ1n) is 8.43. The molecular weight excluding hydrogens is 320 g/mol. The Bertz CT molecular complexity index is 775. The zero-order valence-corrected chi connectivity index (χ0v) is 14.7. The minimum Gasteiger partial charge on any atom is -0.293 e. The predicted molar refractivity (Wildman–Crippen MR) is 94.6 cm³/mol. The molecule has 1 aliphatic rings. The van der Waals surface area contributed by atoms with E-state index in [1.807, 2.05) is 41.1 Å². The second-order valence-electron chi connectivity index (χ2n) is 6.39. The van der Waals surface area contributed by atoms with Gasteiger partial charge in [-0.15, -0.1) is 11.3 Å². The molecule has 0 N–H and O–H groups in total. The molecule has 1 aliphatic heterocycles. The Morgan fingerprint density at radius 3 is 3.04 bits per heavy atom. The van der Waals surface area contributed by atoms with Crippen molar-refractivity contribution in [1.82, 2.24) is 29.4 Å². The first-order valence-corrected chi connectivity index (χ1v) is 9.31. The topological polar surface area (TPSA) is 51.8 Å². The molecule has 3 aromatic rings. The van der Waals surface area contributed by atoms with Crippen LogP contribution in [0.2, 0.25) is 0 Å². The highest BCUT2D eigenvalue weighted by Crippen LogP contribution is 2.26. The number of likely N-dealkylation sites (tertiary alicyclic amines) is 1. The van der Waals surface area contributed by atoms with Gasteiger partial charge in [-0.1, -0.05) is 6.42 Å². The number of rotatable bonds is 5. The number of hydrogen-bond acceptors (Lipinski definition) is 5. The van der Waals surface area contributed by atoms with Gasteiger partial charge in [0.15, 0.2) is 0 Å². The van der Waals surface area contributed by atoms with E-state index < -0.39 is 0 Å². The van der Waals surface area contributed by atoms with Gasteiger partial charge in [0.2, 0.25) is 0 Å². The molecule has 0 spiro atoms. The predicted octanol–water partition coefficient (Wildman–Crippen LogP) is 2.79. The Labute approximate surface area is 145 Å². The van der Waals surface area contributed by atoms with Crippen LogP contribution in [0.25, 0.3) is 10.6 Å². The summed E-state index contributed by atoms with van der Waals surface area (Å²) in [5.41, 5.74) is 2.26. The molecule has 0 aromatic carbocycles. The van der Waals surface area contributed by atoms with Crippen LogP contribution in [-0.4, -0.2) is 42.0 Å². The van der Waals surface area contributed by atoms with E-state index in [-0.39, 0.29) is 0 Å². The lowest BCUT2D eigenvalue weighted by molar-refractivity contribution is 0.120. The van der Waals surface area contributed by atoms with Crippen LogP contribution < -0.4 is 0 Å². The minimum absolute atomic E-state index is 0.544. The van der Waals surface area contributed by atoms with E-state index in [4.69, 9.17) is 4.98 Å². The maximum atomic E-state index is 4.82. The lowest BCUT2D eigenvalue weighted by Gasteiger charge is -2.35. The van der Waals surface area contributed by atoms with Crippen LogP contribution in [0.5, 0.6) is 0 Å². The molecule has 126 valence electrons. The molecule has 24 heavy (non-hydrogen) atoms. The van der Waals surface area contributed by atoms with Gasteiger partial charge in [0, 0.05) is 49.2 Å². The largest absolute Gasteiger partial charge is 0.293 e. The van der Waals surface area contributed by atoms with Crippen LogP contribution in [0.4, 0.5) is 0 Å². The van der Waals surface area contributed by atoms with Gasteiger partial charge in [0.25, 0.3) is 0 Å². The standard InChI is InChI=1S/C17H22N6S/c1-21-10-14(9-19-21)17-20-15(13-24-17)11-22-7-3-2-5-16(22)12-23-8-4-6-18-23/h4,6,8-10,13,16H,2-3,5,7,11-12H2,1H3/t16-/m0/s1. The number of nitrogens with zero attached hydrogens (tertiary/aromatic N) is 6. The fourth-order valence-corrected chi connectivity index (χ4v) is 4.14. The zero-order chi connectivity index (χ0) is 16.4. The van der Waals surface area contributed by atoms with Crippen LogP contribution in [-0.2, 0) is 20.1 Å². The summed E-state index contributed by atoms with van der Waals surface area (Å²) in [5.74, 6) is 0. The highest BCUT2D eigenvalue weighted by molar-refractivity contribution is 7.13. The maximum absolute atomic E-state index is 4.82. The third kappa shape index (κ3) is 3.42. The van der Waals surface area contributed by atoms with Gasteiger partial charge in [-0.25, -0.2) is 4.98 Å². The fraction of sp³-hybridized carbons (Fsp3) is 0.471. The van der Waals surface area contributed by atoms with Crippen LogP contribution in [0.3, 0.4) is 0 Å². The Hall–Kier alpha value is -1.99. The van der Waals surface area contributed by atoms with Gasteiger partial charge >= 0.3 is 0 Å². The molecule has 6 nitrogen and oxygen atoms in total. The number of thiazole rings is 1. The molecule has 0 amide bonds. The van der Waals surface area contributed by atoms with E-state index in [9.17, 15) is 0 Å². The van der Waals surface area contributed by atoms with Gasteiger partial charge < -0.3 is 0 Å². The van der Waals surface area contributed by atoms with Gasteiger partial charge in [0.1, 0.15) is 5.01 Å². The first-order chi connectivity index (χ1) is 11.8. The molecule has 0 radical (unpaired) electrons. The van der Waals surface area contributed by atoms with Crippen molar-refractivity contribution in [2.75, 3.05) is 6.54 Å². The number of hydrogen-bond donors (Lipinski definition) is 0. The molecule has 0 saturated carbocycles. The number of aromatic nitrogens is 5. The SMILES string of the molecule is Cn1cc(-c2nc(CN3CCCC[C@H]3Cn3cccn3)cs2)cn1. The first kappa shape index (κ1) is 15.5. The van der Waals surface area contributed by atoms with Crippen molar-refractivity contribution >= 4 is 11.3 Å². The van der Waals surface area contributed by atoms with Crippen LogP contribution in [0.1, 0.15) is 25.0 Å². The summed E-state index contributed by atoms with van der Waals surface area (Å²) in [4.78, 5) is 7.38. The Balaban J connectivity index is 1.45. The van der Waals surface area contributed by atoms with Crippen LogP contribution >= 0.6 is 11.3 Å². The third-order valence-electron chi connectivity index (χ3n) is 4.57. The Kier molecular flexibility index (Phi) is 4.44. The quantitative estimate of drug-likeness (QED) is 0.715. The number of piperidine rings is 1. The summed E-state index contributed by atoms with van der Waals surface area (Å²) < 4.78 is 3.87. The van der Waals surface area contributed by atoms with Gasteiger partial charge in [-0.2, -0.15) is 10.2 Å². The van der Waals surface area contributed by atoms with Gasteiger partial charge in [-0.3, -0.25) is 14.3 Å². The molecule has 3 aromatic heterocycles. The summed E-state index contributed by atoms with van der Waals surface area (Å²) in [5, 5.41) is 11.8. The summed E-state index contributed by atoms with van der Waals surface area (Å²) in [6.07, 6.45) is 11.6. The van der Waals surface area contributed by atoms with Crippen LogP contribution in [0.15, 0.2) is 36.2 Å². The minimum atomic E-state index is 0.544. The maximum Gasteiger partial charge on any atom is 0.126 e. The average Bonchev–Trinajstić information content (AvgIpc) is 3.31. The van der Waals surface area contributed by atoms with Crippen molar-refractivity contribution in [3.63, 3.8) is 0 Å². The second kappa shape index (κ2) is 6.86. The summed E-state index contributed by atoms with van der Waals surface area (Å²) in [6.45, 7) is 3.03. The van der Waals surface area contributed by atoms with Gasteiger partial charge in [-0.05, 0) is 25.5 Å². The van der Waals surface area contributed by atoms with E-state index in [0.717, 1.165) is 35.9 Å². The molecule has 4 heterocycles. The normalized spacial score (nSPS) is 19.0. The van der Waals surface area contributed by atoms with E-state index >= 15 is 0 Å². The van der Waals surface area contributed by atoms with Crippen molar-refractivity contribution in [2.45, 2.75) is 38.4 Å². The van der Waals surface area contributed by atoms with Crippen molar-refractivity contribution in [3.05, 3.63) is 41.9 Å². The monoisotopic (exact) mass is 342 g/mol. The van der Waals surface area contributed by atoms with Crippen molar-refractivity contribution in [3.8, 4) is 10.6 Å². The Morgan fingerprint density at radius 2 is 2.25 bits per heavy atom. The highest BCUT2D eigenvalue weighted by Gasteiger charge is 2.23. The Morgan fingerprint density at radius 1 is 1.29 bits per heavy atom. The van der Waals surface area contributed by atoms with E-state index in [1.54, 1.807) is 11.3 Å². The summed E-state index contributed by atoms with van der Waals surface area (Å²) in [7, 11) is 1.94. The average molecular weight is 342 g/mol. The lowest BCUT2D eigenvalue weighted by atomic mass is 10.0. The van der Waals surface area contributed by atoms with Crippen molar-refractivity contribution in [1.29, 1.82) is 0 Å². The van der Waals surface area contributed by atoms with Crippen molar-refractivity contribution in [2.24, 2.45) is 7.05 Å². The van der Waals surface area contributed by atoms with Crippen molar-refractivity contribution < 1.29 is 0 Å². The molecule has 1 fully saturated rings.